The van der Waals surface area contributed by atoms with Gasteiger partial charge in [-0.3, -0.25) is 4.79 Å². The van der Waals surface area contributed by atoms with Crippen LogP contribution in [0.15, 0.2) is 70.2 Å². The Morgan fingerprint density at radius 2 is 1.74 bits per heavy atom. The van der Waals surface area contributed by atoms with Gasteiger partial charge in [-0.05, 0) is 68.3 Å². The Hall–Kier alpha value is -4.45. The van der Waals surface area contributed by atoms with Gasteiger partial charge in [-0.1, -0.05) is 5.16 Å². The third-order valence-corrected chi connectivity index (χ3v) is 7.64. The van der Waals surface area contributed by atoms with Gasteiger partial charge in [-0.2, -0.15) is 0 Å². The monoisotopic (exact) mass is 535 g/mol. The lowest BCUT2D eigenvalue weighted by atomic mass is 10.00. The topological polar surface area (TPSA) is 146 Å². The number of hydrogen-bond acceptors (Lipinski definition) is 9. The molecule has 12 heteroatoms. The molecule has 2 aromatic heterocycles. The van der Waals surface area contributed by atoms with E-state index in [-0.39, 0.29) is 16.8 Å². The zero-order valence-corrected chi connectivity index (χ0v) is 21.7. The molecule has 38 heavy (non-hydrogen) atoms. The number of hydrogen-bond donors (Lipinski definition) is 2. The summed E-state index contributed by atoms with van der Waals surface area (Å²) in [5.74, 6) is 1.38. The fourth-order valence-corrected chi connectivity index (χ4v) is 4.95. The minimum atomic E-state index is -3.89. The van der Waals surface area contributed by atoms with E-state index in [0.29, 0.717) is 47.2 Å². The number of anilines is 2. The van der Waals surface area contributed by atoms with Crippen molar-refractivity contribution in [1.29, 1.82) is 0 Å². The van der Waals surface area contributed by atoms with E-state index in [1.165, 1.54) is 30.5 Å². The number of benzene rings is 2. The molecule has 0 saturated heterocycles. The van der Waals surface area contributed by atoms with E-state index in [1.54, 1.807) is 45.4 Å². The fraction of sp³-hybridized carbons (Fsp3) is 0.231. The van der Waals surface area contributed by atoms with Gasteiger partial charge in [0.1, 0.15) is 0 Å². The van der Waals surface area contributed by atoms with Crippen LogP contribution in [-0.2, 0) is 20.2 Å². The van der Waals surface area contributed by atoms with Crippen molar-refractivity contribution in [2.24, 2.45) is 0 Å². The number of nitrogens with zero attached hydrogens (tertiary/aromatic N) is 3. The predicted octanol–water partition coefficient (Wildman–Crippen LogP) is 3.93. The highest BCUT2D eigenvalue weighted by Gasteiger charge is 2.53. The minimum Gasteiger partial charge on any atom is -0.493 e. The molecule has 4 aromatic rings. The Bertz CT molecular complexity index is 1600. The van der Waals surface area contributed by atoms with Gasteiger partial charge in [-0.25, -0.2) is 23.1 Å². The summed E-state index contributed by atoms with van der Waals surface area (Å²) in [5, 5.41) is 7.04. The molecule has 0 atom stereocenters. The normalized spacial score (nSPS) is 14.0. The number of nitrogens with one attached hydrogen (secondary N) is 2. The number of carbonyl (C=O) groups is 1. The van der Waals surface area contributed by atoms with Crippen molar-refractivity contribution in [2.45, 2.75) is 30.1 Å². The van der Waals surface area contributed by atoms with Crippen molar-refractivity contribution in [1.82, 2.24) is 15.1 Å². The highest BCUT2D eigenvalue weighted by Crippen LogP contribution is 2.49. The van der Waals surface area contributed by atoms with E-state index in [2.05, 4.69) is 25.2 Å². The number of aryl methyl sites for hydroxylation is 1. The average molecular weight is 536 g/mol. The van der Waals surface area contributed by atoms with Gasteiger partial charge in [0.15, 0.2) is 17.3 Å². The van der Waals surface area contributed by atoms with Crippen LogP contribution in [-0.4, -0.2) is 43.7 Å². The van der Waals surface area contributed by atoms with Crippen LogP contribution in [0.1, 0.15) is 24.2 Å². The lowest BCUT2D eigenvalue weighted by molar-refractivity contribution is -0.118. The van der Waals surface area contributed by atoms with E-state index in [9.17, 15) is 13.2 Å². The Balaban J connectivity index is 1.29. The maximum atomic E-state index is 13.2. The van der Waals surface area contributed by atoms with Crippen LogP contribution in [0.2, 0.25) is 0 Å². The second-order valence-electron chi connectivity index (χ2n) is 8.83. The molecule has 1 saturated carbocycles. The summed E-state index contributed by atoms with van der Waals surface area (Å²) in [5.41, 5.74) is 1.54. The highest BCUT2D eigenvalue weighted by atomic mass is 32.2. The summed E-state index contributed by atoms with van der Waals surface area (Å²) in [4.78, 5) is 21.2. The van der Waals surface area contributed by atoms with Crippen molar-refractivity contribution < 1.29 is 27.2 Å². The van der Waals surface area contributed by atoms with Gasteiger partial charge in [0.25, 0.3) is 10.0 Å². The first-order chi connectivity index (χ1) is 18.2. The first kappa shape index (κ1) is 25.2. The van der Waals surface area contributed by atoms with E-state index in [0.717, 1.165) is 5.56 Å². The van der Waals surface area contributed by atoms with Crippen molar-refractivity contribution in [3.05, 3.63) is 72.2 Å². The molecule has 2 N–H and O–H groups in total. The molecule has 2 heterocycles. The molecule has 0 bridgehead atoms. The van der Waals surface area contributed by atoms with Gasteiger partial charge in [0.05, 0.1) is 30.2 Å². The molecule has 1 fully saturated rings. The molecule has 0 aliphatic heterocycles. The summed E-state index contributed by atoms with van der Waals surface area (Å²) >= 11 is 0. The van der Waals surface area contributed by atoms with Crippen LogP contribution < -0.4 is 19.5 Å². The molecule has 2 aromatic carbocycles. The summed E-state index contributed by atoms with van der Waals surface area (Å²) in [6, 6.07) is 14.6. The Kier molecular flexibility index (Phi) is 6.49. The standard InChI is InChI=1S/C26H25N5O6S/c1-16-10-13-27-25(28-16)31-38(33,34)19-7-5-18(6-8-19)29-24(32)26(11-12-26)23-15-21(37-30-23)17-4-9-20(35-2)22(14-17)36-3/h4-10,13-15H,11-12H2,1-3H3,(H,29,32)(H,27,28,31). The van der Waals surface area contributed by atoms with Crippen LogP contribution in [0.3, 0.4) is 0 Å². The molecular weight excluding hydrogens is 510 g/mol. The lowest BCUT2D eigenvalue weighted by Crippen LogP contribution is -2.28. The maximum absolute atomic E-state index is 13.2. The van der Waals surface area contributed by atoms with Crippen LogP contribution in [0, 0.1) is 6.92 Å². The molecule has 1 amide bonds. The van der Waals surface area contributed by atoms with Crippen molar-refractivity contribution >= 4 is 27.6 Å². The summed E-state index contributed by atoms with van der Waals surface area (Å²) < 4.78 is 43.9. The molecule has 0 radical (unpaired) electrons. The summed E-state index contributed by atoms with van der Waals surface area (Å²) in [7, 11) is -0.786. The van der Waals surface area contributed by atoms with Crippen LogP contribution in [0.25, 0.3) is 11.3 Å². The van der Waals surface area contributed by atoms with Gasteiger partial charge >= 0.3 is 0 Å². The predicted molar refractivity (Wildman–Crippen MR) is 139 cm³/mol. The number of sulfonamides is 1. The quantitative estimate of drug-likeness (QED) is 0.325. The zero-order valence-electron chi connectivity index (χ0n) is 20.9. The lowest BCUT2D eigenvalue weighted by Gasteiger charge is -2.13. The number of aromatic nitrogens is 3. The molecule has 196 valence electrons. The molecule has 1 aliphatic rings. The van der Waals surface area contributed by atoms with Crippen LogP contribution in [0.4, 0.5) is 11.6 Å². The summed E-state index contributed by atoms with van der Waals surface area (Å²) in [6.45, 7) is 1.74. The highest BCUT2D eigenvalue weighted by molar-refractivity contribution is 7.92. The van der Waals surface area contributed by atoms with Gasteiger partial charge in [0, 0.05) is 29.2 Å². The van der Waals surface area contributed by atoms with Crippen molar-refractivity contribution in [3.8, 4) is 22.8 Å². The number of rotatable bonds is 9. The molecule has 0 spiro atoms. The number of amides is 1. The Morgan fingerprint density at radius 1 is 1.00 bits per heavy atom. The van der Waals surface area contributed by atoms with Gasteiger partial charge in [-0.15, -0.1) is 0 Å². The van der Waals surface area contributed by atoms with Crippen LogP contribution >= 0.6 is 0 Å². The molecule has 1 aliphatic carbocycles. The average Bonchev–Trinajstić information content (AvgIpc) is 3.57. The van der Waals surface area contributed by atoms with Gasteiger partial charge in [0.2, 0.25) is 11.9 Å². The second kappa shape index (κ2) is 9.78. The largest absolute Gasteiger partial charge is 0.493 e. The first-order valence-corrected chi connectivity index (χ1v) is 13.2. The van der Waals surface area contributed by atoms with Crippen molar-refractivity contribution in [2.75, 3.05) is 24.3 Å². The Labute approximate surface area is 219 Å². The van der Waals surface area contributed by atoms with Crippen molar-refractivity contribution in [3.63, 3.8) is 0 Å². The molecule has 11 nitrogen and oxygen atoms in total. The fourth-order valence-electron chi connectivity index (χ4n) is 4.00. The summed E-state index contributed by atoms with van der Waals surface area (Å²) in [6.07, 6.45) is 2.70. The van der Waals surface area contributed by atoms with Gasteiger partial charge < -0.3 is 19.3 Å². The molecular formula is C26H25N5O6S. The number of ether oxygens (including phenoxy) is 2. The zero-order chi connectivity index (χ0) is 26.9. The van der Waals surface area contributed by atoms with Crippen LogP contribution in [0.5, 0.6) is 11.5 Å². The minimum absolute atomic E-state index is 0.0119. The number of carbonyl (C=O) groups excluding carboxylic acids is 1. The SMILES string of the molecule is COc1ccc(-c2cc(C3(C(=O)Nc4ccc(S(=O)(=O)Nc5nccc(C)n5)cc4)CC3)no2)cc1OC. The number of methoxy groups -OCH3 is 2. The third-order valence-electron chi connectivity index (χ3n) is 6.30. The molecule has 5 rings (SSSR count). The maximum Gasteiger partial charge on any atom is 0.264 e. The second-order valence-corrected chi connectivity index (χ2v) is 10.5. The Morgan fingerprint density at radius 3 is 2.39 bits per heavy atom. The third kappa shape index (κ3) is 4.90. The first-order valence-electron chi connectivity index (χ1n) is 11.7. The van der Waals surface area contributed by atoms with E-state index in [1.807, 2.05) is 6.07 Å². The van der Waals surface area contributed by atoms with E-state index < -0.39 is 15.4 Å². The smallest absolute Gasteiger partial charge is 0.264 e. The molecule has 0 unspecified atom stereocenters. The van der Waals surface area contributed by atoms with E-state index >= 15 is 0 Å². The van der Waals surface area contributed by atoms with E-state index in [4.69, 9.17) is 14.0 Å².